The number of phosphoric ester groups is 2. The van der Waals surface area contributed by atoms with Gasteiger partial charge in [0.25, 0.3) is 0 Å². The Morgan fingerprint density at radius 2 is 0.471 bits per heavy atom. The standard InChI is InChI=1S/C83H162O17P2/c1-9-76(8)62-54-46-38-28-24-20-16-12-10-11-13-17-21-25-29-39-47-55-63-80(85)93-69-78(99-82(87)65-57-49-41-30-26-22-18-14-15-19-23-27-35-43-51-59-73(2)3)71-97-101(89,90)95-67-77(84)68-96-102(91,92)98-72-79(100-83(88)66-58-50-42-34-32-37-45-53-61-75(6)7)70-94-81(86)64-56-48-40-33-31-36-44-52-60-74(4)5/h73-79,84H,9-72H2,1-8H3,(H,89,90)(H,91,92)/t76?,77?,78-,79-/m1/s1. The van der Waals surface area contributed by atoms with E-state index in [2.05, 4.69) is 55.4 Å². The molecule has 0 bridgehead atoms. The predicted octanol–water partition coefficient (Wildman–Crippen LogP) is 24.8. The van der Waals surface area contributed by atoms with Gasteiger partial charge < -0.3 is 33.8 Å². The van der Waals surface area contributed by atoms with Crippen molar-refractivity contribution < 1.29 is 80.2 Å². The van der Waals surface area contributed by atoms with Crippen LogP contribution in [0, 0.1) is 23.7 Å². The summed E-state index contributed by atoms with van der Waals surface area (Å²) in [5, 5.41) is 10.6. The van der Waals surface area contributed by atoms with Crippen LogP contribution >= 0.6 is 15.6 Å². The molecule has 0 aromatic heterocycles. The molecule has 0 aromatic rings. The number of aliphatic hydroxyl groups is 1. The van der Waals surface area contributed by atoms with Gasteiger partial charge in [0.05, 0.1) is 26.4 Å². The lowest BCUT2D eigenvalue weighted by atomic mass is 9.99. The van der Waals surface area contributed by atoms with Crippen LogP contribution in [0.2, 0.25) is 0 Å². The van der Waals surface area contributed by atoms with Crippen LogP contribution in [-0.4, -0.2) is 96.7 Å². The molecule has 19 heteroatoms. The molecule has 0 spiro atoms. The molecule has 0 aliphatic heterocycles. The van der Waals surface area contributed by atoms with E-state index in [1.54, 1.807) is 0 Å². The molecule has 6 atom stereocenters. The summed E-state index contributed by atoms with van der Waals surface area (Å²) in [4.78, 5) is 73.0. The van der Waals surface area contributed by atoms with Crippen molar-refractivity contribution in [3.63, 3.8) is 0 Å². The Kier molecular flexibility index (Phi) is 70.6. The van der Waals surface area contributed by atoms with Crippen LogP contribution in [0.1, 0.15) is 428 Å². The van der Waals surface area contributed by atoms with E-state index in [1.165, 1.54) is 231 Å². The summed E-state index contributed by atoms with van der Waals surface area (Å²) < 4.78 is 68.7. The molecule has 0 saturated carbocycles. The summed E-state index contributed by atoms with van der Waals surface area (Å²) in [7, 11) is -9.92. The lowest BCUT2D eigenvalue weighted by Crippen LogP contribution is -2.30. The maximum Gasteiger partial charge on any atom is 0.472 e. The number of esters is 4. The Morgan fingerprint density at radius 3 is 0.696 bits per heavy atom. The molecule has 0 amide bonds. The van der Waals surface area contributed by atoms with Gasteiger partial charge in [0, 0.05) is 25.7 Å². The topological polar surface area (TPSA) is 237 Å². The first-order valence-electron chi connectivity index (χ1n) is 42.7. The molecule has 102 heavy (non-hydrogen) atoms. The molecule has 606 valence electrons. The van der Waals surface area contributed by atoms with Crippen molar-refractivity contribution in [2.24, 2.45) is 23.7 Å². The fraction of sp³-hybridized carbons (Fsp3) is 0.952. The minimum absolute atomic E-state index is 0.104. The van der Waals surface area contributed by atoms with Gasteiger partial charge in [-0.3, -0.25) is 37.3 Å². The van der Waals surface area contributed by atoms with Crippen molar-refractivity contribution in [2.75, 3.05) is 39.6 Å². The molecule has 0 radical (unpaired) electrons. The predicted molar refractivity (Wildman–Crippen MR) is 418 cm³/mol. The van der Waals surface area contributed by atoms with Gasteiger partial charge in [-0.15, -0.1) is 0 Å². The first-order chi connectivity index (χ1) is 49.1. The number of phosphoric acid groups is 2. The van der Waals surface area contributed by atoms with E-state index in [1.807, 2.05) is 0 Å². The summed E-state index contributed by atoms with van der Waals surface area (Å²) in [5.41, 5.74) is 0. The molecular formula is C83H162O17P2. The molecular weight excluding hydrogens is 1330 g/mol. The second-order valence-corrected chi connectivity index (χ2v) is 34.4. The Morgan fingerprint density at radius 1 is 0.275 bits per heavy atom. The first-order valence-corrected chi connectivity index (χ1v) is 45.7. The van der Waals surface area contributed by atoms with E-state index in [-0.39, 0.29) is 25.7 Å². The lowest BCUT2D eigenvalue weighted by Gasteiger charge is -2.21. The Hall–Kier alpha value is -1.94. The van der Waals surface area contributed by atoms with Crippen LogP contribution in [0.15, 0.2) is 0 Å². The molecule has 0 heterocycles. The fourth-order valence-electron chi connectivity index (χ4n) is 12.8. The first kappa shape index (κ1) is 100. The molecule has 0 rings (SSSR count). The third-order valence-corrected chi connectivity index (χ3v) is 21.6. The summed E-state index contributed by atoms with van der Waals surface area (Å²) in [6.07, 6.45) is 59.9. The van der Waals surface area contributed by atoms with Crippen molar-refractivity contribution in [2.45, 2.75) is 446 Å². The highest BCUT2D eigenvalue weighted by atomic mass is 31.2. The van der Waals surface area contributed by atoms with Crippen LogP contribution < -0.4 is 0 Å². The minimum atomic E-state index is -4.96. The van der Waals surface area contributed by atoms with E-state index in [0.717, 1.165) is 114 Å². The average Bonchev–Trinajstić information content (AvgIpc) is 0.912. The molecule has 0 aliphatic carbocycles. The molecule has 17 nitrogen and oxygen atoms in total. The molecule has 4 unspecified atom stereocenters. The highest BCUT2D eigenvalue weighted by Gasteiger charge is 2.30. The van der Waals surface area contributed by atoms with Crippen LogP contribution in [0.5, 0.6) is 0 Å². The molecule has 0 fully saturated rings. The summed E-state index contributed by atoms with van der Waals surface area (Å²) in [6, 6.07) is 0. The van der Waals surface area contributed by atoms with Crippen molar-refractivity contribution in [1.82, 2.24) is 0 Å². The van der Waals surface area contributed by atoms with Crippen molar-refractivity contribution in [3.05, 3.63) is 0 Å². The van der Waals surface area contributed by atoms with E-state index in [4.69, 9.17) is 37.0 Å². The maximum atomic E-state index is 13.1. The number of hydrogen-bond acceptors (Lipinski definition) is 15. The highest BCUT2D eigenvalue weighted by molar-refractivity contribution is 7.47. The van der Waals surface area contributed by atoms with Gasteiger partial charge in [-0.25, -0.2) is 9.13 Å². The van der Waals surface area contributed by atoms with Crippen LogP contribution in [0.4, 0.5) is 0 Å². The summed E-state index contributed by atoms with van der Waals surface area (Å²) in [6.45, 7) is 14.3. The lowest BCUT2D eigenvalue weighted by molar-refractivity contribution is -0.161. The number of unbranched alkanes of at least 4 members (excludes halogenated alkanes) is 45. The van der Waals surface area contributed by atoms with Crippen LogP contribution in [0.3, 0.4) is 0 Å². The van der Waals surface area contributed by atoms with Gasteiger partial charge >= 0.3 is 39.5 Å². The van der Waals surface area contributed by atoms with Gasteiger partial charge in [0.15, 0.2) is 12.2 Å². The number of rotatable bonds is 80. The Labute approximate surface area is 626 Å². The van der Waals surface area contributed by atoms with Gasteiger partial charge in [0.2, 0.25) is 0 Å². The van der Waals surface area contributed by atoms with E-state index in [0.29, 0.717) is 25.7 Å². The maximum absolute atomic E-state index is 13.1. The average molecular weight is 1490 g/mol. The zero-order chi connectivity index (χ0) is 75.3. The van der Waals surface area contributed by atoms with Crippen molar-refractivity contribution in [1.29, 1.82) is 0 Å². The SMILES string of the molecule is CCC(C)CCCCCCCCCCCCCCCCCCCCC(=O)OC[C@H](COP(=O)(O)OCC(O)COP(=O)(O)OC[C@@H](COC(=O)CCCCCCCCCCC(C)C)OC(=O)CCCCCCCCCCC(C)C)OC(=O)CCCCCCCCCCCCCCCCCC(C)C. The minimum Gasteiger partial charge on any atom is -0.462 e. The molecule has 0 saturated heterocycles. The fourth-order valence-corrected chi connectivity index (χ4v) is 14.3. The second kappa shape index (κ2) is 72.0. The Balaban J connectivity index is 5.20. The van der Waals surface area contributed by atoms with Gasteiger partial charge in [-0.1, -0.05) is 376 Å². The number of hydrogen-bond donors (Lipinski definition) is 3. The quantitative estimate of drug-likeness (QED) is 0.0222. The third kappa shape index (κ3) is 74.9. The highest BCUT2D eigenvalue weighted by Crippen LogP contribution is 2.45. The number of carbonyl (C=O) groups is 4. The Bertz CT molecular complexity index is 1990. The van der Waals surface area contributed by atoms with Gasteiger partial charge in [0.1, 0.15) is 19.3 Å². The number of aliphatic hydroxyl groups excluding tert-OH is 1. The van der Waals surface area contributed by atoms with E-state index >= 15 is 0 Å². The summed E-state index contributed by atoms with van der Waals surface area (Å²) >= 11 is 0. The van der Waals surface area contributed by atoms with Gasteiger partial charge in [-0.05, 0) is 49.4 Å². The normalized spacial score (nSPS) is 14.3. The second-order valence-electron chi connectivity index (χ2n) is 31.5. The van der Waals surface area contributed by atoms with Crippen LogP contribution in [0.25, 0.3) is 0 Å². The van der Waals surface area contributed by atoms with Crippen molar-refractivity contribution in [3.8, 4) is 0 Å². The zero-order valence-corrected chi connectivity index (χ0v) is 69.0. The third-order valence-electron chi connectivity index (χ3n) is 19.7. The molecule has 0 aromatic carbocycles. The number of ether oxygens (including phenoxy) is 4. The smallest absolute Gasteiger partial charge is 0.462 e. The van der Waals surface area contributed by atoms with Crippen LogP contribution in [-0.2, 0) is 65.4 Å². The number of carbonyl (C=O) groups excluding carboxylic acids is 4. The molecule has 3 N–H and O–H groups in total. The van der Waals surface area contributed by atoms with Crippen molar-refractivity contribution >= 4 is 39.5 Å². The largest absolute Gasteiger partial charge is 0.472 e. The summed E-state index contributed by atoms with van der Waals surface area (Å²) in [5.74, 6) is 1.01. The van der Waals surface area contributed by atoms with E-state index < -0.39 is 97.5 Å². The van der Waals surface area contributed by atoms with E-state index in [9.17, 15) is 43.2 Å². The van der Waals surface area contributed by atoms with Gasteiger partial charge in [-0.2, -0.15) is 0 Å². The monoisotopic (exact) mass is 1490 g/mol. The molecule has 0 aliphatic rings. The zero-order valence-electron chi connectivity index (χ0n) is 67.2.